The van der Waals surface area contributed by atoms with Gasteiger partial charge in [0, 0.05) is 28.2 Å². The zero-order valence-electron chi connectivity index (χ0n) is 21.8. The molecule has 0 atom stereocenters. The van der Waals surface area contributed by atoms with Gasteiger partial charge in [0.15, 0.2) is 5.78 Å². The fraction of sp³-hybridized carbons (Fsp3) is 0.448. The normalized spacial score (nSPS) is 11.9. The Morgan fingerprint density at radius 2 is 1.74 bits per heavy atom. The molecule has 2 N–H and O–H groups in total. The third-order valence-electron chi connectivity index (χ3n) is 5.67. The first-order valence-corrected chi connectivity index (χ1v) is 12.8. The Hall–Kier alpha value is -2.59. The summed E-state index contributed by atoms with van der Waals surface area (Å²) in [6, 6.07) is 10.3. The number of nitrogens with zero attached hydrogens (tertiary/aromatic N) is 2. The van der Waals surface area contributed by atoms with Gasteiger partial charge in [0.2, 0.25) is 0 Å². The number of pyridine rings is 1. The van der Waals surface area contributed by atoms with Crippen LogP contribution in [0, 0.1) is 0 Å². The van der Waals surface area contributed by atoms with E-state index in [0.29, 0.717) is 17.2 Å². The van der Waals surface area contributed by atoms with Crippen molar-refractivity contribution in [3.8, 4) is 0 Å². The summed E-state index contributed by atoms with van der Waals surface area (Å²) in [7, 11) is 0. The Kier molecular flexibility index (Phi) is 10.4. The Morgan fingerprint density at radius 1 is 1.06 bits per heavy atom. The van der Waals surface area contributed by atoms with Gasteiger partial charge >= 0.3 is 0 Å². The summed E-state index contributed by atoms with van der Waals surface area (Å²) in [5.74, 6) is 0.378. The number of fused-ring (bicyclic) bond motifs is 1. The Labute approximate surface area is 210 Å². The van der Waals surface area contributed by atoms with Crippen LogP contribution in [0.4, 0.5) is 0 Å². The monoisotopic (exact) mass is 481 g/mol. The fourth-order valence-electron chi connectivity index (χ4n) is 4.17. The summed E-state index contributed by atoms with van der Waals surface area (Å²) in [6.07, 6.45) is 6.97. The third kappa shape index (κ3) is 6.73. The highest BCUT2D eigenvalue weighted by Crippen LogP contribution is 2.27. The molecule has 0 saturated heterocycles. The van der Waals surface area contributed by atoms with Crippen LogP contribution in [-0.4, -0.2) is 15.2 Å². The maximum Gasteiger partial charge on any atom is 0.162 e. The number of benzene rings is 1. The van der Waals surface area contributed by atoms with Crippen molar-refractivity contribution < 1.29 is 4.79 Å². The largest absolute Gasteiger partial charge is 0.402 e. The van der Waals surface area contributed by atoms with E-state index in [0.717, 1.165) is 47.6 Å². The average Bonchev–Trinajstić information content (AvgIpc) is 3.09. The van der Waals surface area contributed by atoms with Crippen LogP contribution in [0.5, 0.6) is 0 Å². The van der Waals surface area contributed by atoms with Crippen molar-refractivity contribution in [2.24, 2.45) is 5.73 Å². The molecule has 1 aromatic carbocycles. The molecule has 0 aliphatic carbocycles. The van der Waals surface area contributed by atoms with Crippen molar-refractivity contribution in [2.45, 2.75) is 86.5 Å². The number of allylic oxidation sites excluding steroid dienone is 2. The summed E-state index contributed by atoms with van der Waals surface area (Å²) in [4.78, 5) is 17.0. The van der Waals surface area contributed by atoms with Crippen LogP contribution in [-0.2, 0) is 24.1 Å². The standard InChI is InChI=1S/C26H32ClN3O.C3H8/c1-6-7-24-23(11-9-19-8-10-21(16(2)3)22(27)14-19)29-25-15-20(12-13-30(24)25)26(17(4)28)18(5)31;1-3-2/h8,10,12-16H,6-7,9,11,28H2,1-5H3;3H2,1-2H3/b26-17+;. The van der Waals surface area contributed by atoms with Gasteiger partial charge < -0.3 is 10.1 Å². The van der Waals surface area contributed by atoms with Gasteiger partial charge in [-0.1, -0.05) is 71.2 Å². The molecule has 2 heterocycles. The van der Waals surface area contributed by atoms with E-state index < -0.39 is 0 Å². The number of ketones is 1. The highest BCUT2D eigenvalue weighted by atomic mass is 35.5. The number of hydrogen-bond donors (Lipinski definition) is 1. The zero-order valence-corrected chi connectivity index (χ0v) is 22.6. The molecule has 0 aliphatic rings. The zero-order chi connectivity index (χ0) is 25.4. The van der Waals surface area contributed by atoms with E-state index >= 15 is 0 Å². The van der Waals surface area contributed by atoms with Crippen molar-refractivity contribution in [1.29, 1.82) is 0 Å². The summed E-state index contributed by atoms with van der Waals surface area (Å²) in [5, 5.41) is 0.835. The van der Waals surface area contributed by atoms with Crippen molar-refractivity contribution in [1.82, 2.24) is 9.38 Å². The van der Waals surface area contributed by atoms with Crippen molar-refractivity contribution >= 4 is 28.6 Å². The first-order valence-electron chi connectivity index (χ1n) is 12.4. The molecule has 0 fully saturated rings. The van der Waals surface area contributed by atoms with Crippen LogP contribution in [0.2, 0.25) is 5.02 Å². The van der Waals surface area contributed by atoms with Crippen molar-refractivity contribution in [3.05, 3.63) is 75.3 Å². The highest BCUT2D eigenvalue weighted by molar-refractivity contribution is 6.31. The molecule has 5 heteroatoms. The molecule has 0 radical (unpaired) electrons. The lowest BCUT2D eigenvalue weighted by atomic mass is 9.99. The molecule has 0 saturated carbocycles. The molecule has 2 aromatic heterocycles. The fourth-order valence-corrected chi connectivity index (χ4v) is 4.59. The number of Topliss-reactive ketones (excluding diaryl/α,β-unsaturated/α-hetero) is 1. The SMILES string of the molecule is CCC.CCCc1c(CCc2ccc(C(C)C)c(Cl)c2)nc2cc(/C(C(C)=O)=C(\C)N)ccn12. The smallest absolute Gasteiger partial charge is 0.162 e. The van der Waals surface area contributed by atoms with Gasteiger partial charge in [0.1, 0.15) is 5.65 Å². The molecule has 0 aliphatic heterocycles. The van der Waals surface area contributed by atoms with E-state index in [1.54, 1.807) is 13.8 Å². The van der Waals surface area contributed by atoms with E-state index in [-0.39, 0.29) is 5.78 Å². The van der Waals surface area contributed by atoms with Crippen molar-refractivity contribution in [3.63, 3.8) is 0 Å². The lowest BCUT2D eigenvalue weighted by Gasteiger charge is -2.10. The maximum absolute atomic E-state index is 12.1. The van der Waals surface area contributed by atoms with Gasteiger partial charge in [-0.2, -0.15) is 0 Å². The quantitative estimate of drug-likeness (QED) is 0.338. The highest BCUT2D eigenvalue weighted by Gasteiger charge is 2.16. The number of halogens is 1. The van der Waals surface area contributed by atoms with E-state index in [9.17, 15) is 4.79 Å². The Morgan fingerprint density at radius 3 is 2.26 bits per heavy atom. The number of nitrogens with two attached hydrogens (primary N) is 1. The molecule has 0 spiro atoms. The van der Waals surface area contributed by atoms with Crippen LogP contribution >= 0.6 is 11.6 Å². The molecular formula is C29H40ClN3O. The Bertz CT molecular complexity index is 1150. The van der Waals surface area contributed by atoms with Gasteiger partial charge in [-0.25, -0.2) is 4.98 Å². The van der Waals surface area contributed by atoms with Gasteiger partial charge in [0.25, 0.3) is 0 Å². The molecule has 0 amide bonds. The van der Waals surface area contributed by atoms with Crippen LogP contribution in [0.25, 0.3) is 11.2 Å². The number of aromatic nitrogens is 2. The first-order chi connectivity index (χ1) is 16.1. The lowest BCUT2D eigenvalue weighted by Crippen LogP contribution is -2.06. The molecule has 3 rings (SSSR count). The minimum Gasteiger partial charge on any atom is -0.402 e. The van der Waals surface area contributed by atoms with Gasteiger partial charge in [-0.3, -0.25) is 4.79 Å². The summed E-state index contributed by atoms with van der Waals surface area (Å²) in [6.45, 7) is 14.0. The van der Waals surface area contributed by atoms with E-state index in [4.69, 9.17) is 22.3 Å². The van der Waals surface area contributed by atoms with Gasteiger partial charge in [0.05, 0.1) is 5.69 Å². The molecule has 3 aromatic rings. The molecule has 34 heavy (non-hydrogen) atoms. The predicted octanol–water partition coefficient (Wildman–Crippen LogP) is 7.54. The number of hydrogen-bond acceptors (Lipinski definition) is 3. The minimum atomic E-state index is -0.0355. The summed E-state index contributed by atoms with van der Waals surface area (Å²) >= 11 is 6.49. The third-order valence-corrected chi connectivity index (χ3v) is 5.99. The molecular weight excluding hydrogens is 442 g/mol. The predicted molar refractivity (Wildman–Crippen MR) is 146 cm³/mol. The maximum atomic E-state index is 12.1. The first kappa shape index (κ1) is 27.7. The average molecular weight is 482 g/mol. The number of rotatable bonds is 8. The van der Waals surface area contributed by atoms with E-state index in [2.05, 4.69) is 57.2 Å². The minimum absolute atomic E-state index is 0.0355. The van der Waals surface area contributed by atoms with Crippen molar-refractivity contribution in [2.75, 3.05) is 0 Å². The lowest BCUT2D eigenvalue weighted by molar-refractivity contribution is -0.111. The van der Waals surface area contributed by atoms with Crippen LogP contribution < -0.4 is 5.73 Å². The molecule has 0 bridgehead atoms. The second-order valence-electron chi connectivity index (χ2n) is 9.23. The number of imidazole rings is 1. The van der Waals surface area contributed by atoms with Crippen LogP contribution in [0.1, 0.15) is 95.3 Å². The van der Waals surface area contributed by atoms with E-state index in [1.807, 2.05) is 18.3 Å². The van der Waals surface area contributed by atoms with Gasteiger partial charge in [-0.15, -0.1) is 0 Å². The van der Waals surface area contributed by atoms with E-state index in [1.165, 1.54) is 23.2 Å². The number of carbonyl (C=O) groups excluding carboxylic acids is 1. The summed E-state index contributed by atoms with van der Waals surface area (Å²) < 4.78 is 2.14. The molecule has 184 valence electrons. The Balaban J connectivity index is 0.00000129. The summed E-state index contributed by atoms with van der Waals surface area (Å²) in [5.41, 5.74) is 13.5. The van der Waals surface area contributed by atoms with Crippen LogP contribution in [0.3, 0.4) is 0 Å². The number of aryl methyl sites for hydroxylation is 3. The molecule has 0 unspecified atom stereocenters. The topological polar surface area (TPSA) is 60.4 Å². The molecule has 4 nitrogen and oxygen atoms in total. The second-order valence-corrected chi connectivity index (χ2v) is 9.64. The van der Waals surface area contributed by atoms with Gasteiger partial charge in [-0.05, 0) is 73.9 Å². The second kappa shape index (κ2) is 12.8. The number of carbonyl (C=O) groups is 1. The van der Waals surface area contributed by atoms with Crippen LogP contribution in [0.15, 0.2) is 42.2 Å².